The molecule has 4 nitrogen and oxygen atoms in total. The van der Waals surface area contributed by atoms with Crippen LogP contribution < -0.4 is 10.6 Å². The van der Waals surface area contributed by atoms with Crippen molar-refractivity contribution in [2.24, 2.45) is 0 Å². The fourth-order valence-electron chi connectivity index (χ4n) is 2.65. The molecule has 2 N–H and O–H groups in total. The molecular formula is C15H24N2O2S. The SMILES string of the molecule is CCCS(=O)(=O)c1ccccc1NC1(C)CCNCC1. The van der Waals surface area contributed by atoms with E-state index in [9.17, 15) is 8.42 Å². The van der Waals surface area contributed by atoms with E-state index in [1.54, 1.807) is 12.1 Å². The van der Waals surface area contributed by atoms with Crippen LogP contribution in [0.15, 0.2) is 29.2 Å². The number of benzene rings is 1. The zero-order valence-corrected chi connectivity index (χ0v) is 13.1. The third kappa shape index (κ3) is 3.52. The number of rotatable bonds is 5. The van der Waals surface area contributed by atoms with Crippen molar-refractivity contribution in [3.05, 3.63) is 24.3 Å². The molecule has 1 aliphatic heterocycles. The zero-order chi connectivity index (χ0) is 14.6. The highest BCUT2D eigenvalue weighted by Crippen LogP contribution is 2.29. The summed E-state index contributed by atoms with van der Waals surface area (Å²) >= 11 is 0. The molecule has 0 aliphatic carbocycles. The van der Waals surface area contributed by atoms with Crippen LogP contribution in [0.5, 0.6) is 0 Å². The minimum Gasteiger partial charge on any atom is -0.379 e. The molecule has 0 atom stereocenters. The first kappa shape index (κ1) is 15.3. The number of sulfone groups is 1. The van der Waals surface area contributed by atoms with Crippen LogP contribution in [0.2, 0.25) is 0 Å². The molecule has 0 saturated carbocycles. The molecule has 1 heterocycles. The number of para-hydroxylation sites is 1. The fourth-order valence-corrected chi connectivity index (χ4v) is 4.15. The minimum absolute atomic E-state index is 0.0386. The monoisotopic (exact) mass is 296 g/mol. The number of piperidine rings is 1. The topological polar surface area (TPSA) is 58.2 Å². The van der Waals surface area contributed by atoms with E-state index in [1.807, 2.05) is 19.1 Å². The summed E-state index contributed by atoms with van der Waals surface area (Å²) in [4.78, 5) is 0.432. The number of nitrogens with one attached hydrogen (secondary N) is 2. The standard InChI is InChI=1S/C15H24N2O2S/c1-3-12-20(18,19)14-7-5-4-6-13(14)17-15(2)8-10-16-11-9-15/h4-7,16-17H,3,8-12H2,1-2H3. The molecule has 1 aliphatic rings. The third-order valence-electron chi connectivity index (χ3n) is 3.84. The van der Waals surface area contributed by atoms with Gasteiger partial charge in [0, 0.05) is 5.54 Å². The van der Waals surface area contributed by atoms with Gasteiger partial charge in [0.05, 0.1) is 16.3 Å². The van der Waals surface area contributed by atoms with Crippen LogP contribution >= 0.6 is 0 Å². The maximum atomic E-state index is 12.3. The van der Waals surface area contributed by atoms with Crippen LogP contribution in [-0.4, -0.2) is 32.8 Å². The van der Waals surface area contributed by atoms with Crippen molar-refractivity contribution in [2.45, 2.75) is 43.5 Å². The maximum absolute atomic E-state index is 12.3. The average Bonchev–Trinajstić information content (AvgIpc) is 2.39. The van der Waals surface area contributed by atoms with Crippen LogP contribution in [0.25, 0.3) is 0 Å². The highest BCUT2D eigenvalue weighted by atomic mass is 32.2. The van der Waals surface area contributed by atoms with Crippen molar-refractivity contribution in [3.8, 4) is 0 Å². The van der Waals surface area contributed by atoms with Gasteiger partial charge < -0.3 is 10.6 Å². The second-order valence-corrected chi connectivity index (χ2v) is 7.83. The lowest BCUT2D eigenvalue weighted by Crippen LogP contribution is -2.45. The van der Waals surface area contributed by atoms with Crippen LogP contribution in [0.3, 0.4) is 0 Å². The van der Waals surface area contributed by atoms with Gasteiger partial charge in [0.15, 0.2) is 9.84 Å². The molecule has 0 amide bonds. The first-order valence-corrected chi connectivity index (χ1v) is 8.93. The first-order chi connectivity index (χ1) is 9.47. The Hall–Kier alpha value is -1.07. The number of hydrogen-bond acceptors (Lipinski definition) is 4. The third-order valence-corrected chi connectivity index (χ3v) is 5.81. The maximum Gasteiger partial charge on any atom is 0.180 e. The van der Waals surface area contributed by atoms with Crippen molar-refractivity contribution < 1.29 is 8.42 Å². The molecule has 1 saturated heterocycles. The average molecular weight is 296 g/mol. The molecule has 0 radical (unpaired) electrons. The molecule has 0 spiro atoms. The van der Waals surface area contributed by atoms with Crippen molar-refractivity contribution >= 4 is 15.5 Å². The summed E-state index contributed by atoms with van der Waals surface area (Å²) in [6, 6.07) is 7.25. The molecule has 112 valence electrons. The van der Waals surface area contributed by atoms with Gasteiger partial charge in [-0.15, -0.1) is 0 Å². The Bertz CT molecular complexity index is 549. The normalized spacial score (nSPS) is 18.7. The number of anilines is 1. The Morgan fingerprint density at radius 3 is 2.55 bits per heavy atom. The summed E-state index contributed by atoms with van der Waals surface area (Å²) in [6.07, 6.45) is 2.63. The Morgan fingerprint density at radius 1 is 1.25 bits per heavy atom. The van der Waals surface area contributed by atoms with Gasteiger partial charge >= 0.3 is 0 Å². The second kappa shape index (κ2) is 6.14. The Morgan fingerprint density at radius 2 is 1.90 bits per heavy atom. The lowest BCUT2D eigenvalue weighted by molar-refractivity contribution is 0.364. The van der Waals surface area contributed by atoms with Crippen LogP contribution in [0, 0.1) is 0 Å². The zero-order valence-electron chi connectivity index (χ0n) is 12.3. The van der Waals surface area contributed by atoms with E-state index < -0.39 is 9.84 Å². The van der Waals surface area contributed by atoms with Gasteiger partial charge in [0.25, 0.3) is 0 Å². The molecule has 0 aromatic heterocycles. The van der Waals surface area contributed by atoms with Crippen LogP contribution in [0.1, 0.15) is 33.1 Å². The van der Waals surface area contributed by atoms with Gasteiger partial charge in [0.1, 0.15) is 0 Å². The predicted octanol–water partition coefficient (Wildman–Crippen LogP) is 2.42. The Labute approximate surface area is 121 Å². The van der Waals surface area contributed by atoms with Gasteiger partial charge in [-0.05, 0) is 51.4 Å². The molecule has 1 aromatic carbocycles. The molecule has 0 bridgehead atoms. The quantitative estimate of drug-likeness (QED) is 0.876. The highest BCUT2D eigenvalue weighted by Gasteiger charge is 2.28. The largest absolute Gasteiger partial charge is 0.379 e. The smallest absolute Gasteiger partial charge is 0.180 e. The molecule has 5 heteroatoms. The van der Waals surface area contributed by atoms with Crippen molar-refractivity contribution in [1.29, 1.82) is 0 Å². The highest BCUT2D eigenvalue weighted by molar-refractivity contribution is 7.91. The summed E-state index contributed by atoms with van der Waals surface area (Å²) in [6.45, 7) is 5.99. The predicted molar refractivity (Wildman–Crippen MR) is 82.9 cm³/mol. The molecular weight excluding hydrogens is 272 g/mol. The van der Waals surface area contributed by atoms with E-state index in [1.165, 1.54) is 0 Å². The van der Waals surface area contributed by atoms with Crippen molar-refractivity contribution in [3.63, 3.8) is 0 Å². The molecule has 0 unspecified atom stereocenters. The lowest BCUT2D eigenvalue weighted by Gasteiger charge is -2.36. The van der Waals surface area contributed by atoms with E-state index in [0.29, 0.717) is 11.3 Å². The van der Waals surface area contributed by atoms with E-state index in [0.717, 1.165) is 31.6 Å². The van der Waals surface area contributed by atoms with E-state index in [2.05, 4.69) is 17.6 Å². The molecule has 20 heavy (non-hydrogen) atoms. The Kier molecular flexibility index (Phi) is 4.70. The summed E-state index contributed by atoms with van der Waals surface area (Å²) in [5.74, 6) is 0.198. The van der Waals surface area contributed by atoms with Gasteiger partial charge in [0.2, 0.25) is 0 Å². The summed E-state index contributed by atoms with van der Waals surface area (Å²) in [5.41, 5.74) is 0.702. The summed E-state index contributed by atoms with van der Waals surface area (Å²) < 4.78 is 24.7. The van der Waals surface area contributed by atoms with Gasteiger partial charge in [-0.2, -0.15) is 0 Å². The van der Waals surface area contributed by atoms with Gasteiger partial charge in [-0.1, -0.05) is 19.1 Å². The van der Waals surface area contributed by atoms with Crippen molar-refractivity contribution in [2.75, 3.05) is 24.2 Å². The minimum atomic E-state index is -3.20. The second-order valence-electron chi connectivity index (χ2n) is 5.75. The van der Waals surface area contributed by atoms with Gasteiger partial charge in [-0.25, -0.2) is 8.42 Å². The molecule has 1 aromatic rings. The fraction of sp³-hybridized carbons (Fsp3) is 0.600. The van der Waals surface area contributed by atoms with Crippen molar-refractivity contribution in [1.82, 2.24) is 5.32 Å². The summed E-state index contributed by atoms with van der Waals surface area (Å²) in [7, 11) is -3.20. The molecule has 2 rings (SSSR count). The lowest BCUT2D eigenvalue weighted by atomic mass is 9.90. The van der Waals surface area contributed by atoms with E-state index in [4.69, 9.17) is 0 Å². The molecule has 1 fully saturated rings. The van der Waals surface area contributed by atoms with Crippen LogP contribution in [-0.2, 0) is 9.84 Å². The van der Waals surface area contributed by atoms with Gasteiger partial charge in [-0.3, -0.25) is 0 Å². The Balaban J connectivity index is 2.28. The van der Waals surface area contributed by atoms with E-state index in [-0.39, 0.29) is 11.3 Å². The van der Waals surface area contributed by atoms with E-state index >= 15 is 0 Å². The van der Waals surface area contributed by atoms with Crippen LogP contribution in [0.4, 0.5) is 5.69 Å². The number of hydrogen-bond donors (Lipinski definition) is 2. The summed E-state index contributed by atoms with van der Waals surface area (Å²) in [5, 5.41) is 6.80. The first-order valence-electron chi connectivity index (χ1n) is 7.27.